The highest BCUT2D eigenvalue weighted by molar-refractivity contribution is 7.89. The molecule has 1 atom stereocenters. The number of likely N-dealkylation sites (tertiary alicyclic amines) is 1. The molecule has 6 heteroatoms. The van der Waals surface area contributed by atoms with Gasteiger partial charge in [-0.3, -0.25) is 4.90 Å². The molecule has 17 heavy (non-hydrogen) atoms. The van der Waals surface area contributed by atoms with E-state index in [2.05, 4.69) is 11.8 Å². The molecule has 0 bridgehead atoms. The second kappa shape index (κ2) is 6.68. The lowest BCUT2D eigenvalue weighted by Crippen LogP contribution is -2.41. The minimum absolute atomic E-state index is 0.166. The van der Waals surface area contributed by atoms with Crippen molar-refractivity contribution in [3.05, 3.63) is 0 Å². The fourth-order valence-electron chi connectivity index (χ4n) is 2.35. The van der Waals surface area contributed by atoms with Crippen molar-refractivity contribution in [2.45, 2.75) is 32.2 Å². The highest BCUT2D eigenvalue weighted by Gasteiger charge is 2.27. The predicted molar refractivity (Wildman–Crippen MR) is 70.4 cm³/mol. The third kappa shape index (κ3) is 4.21. The van der Waals surface area contributed by atoms with Crippen molar-refractivity contribution < 1.29 is 8.42 Å². The van der Waals surface area contributed by atoms with E-state index in [0.717, 1.165) is 19.5 Å². The van der Waals surface area contributed by atoms with Crippen LogP contribution >= 0.6 is 0 Å². The van der Waals surface area contributed by atoms with Crippen molar-refractivity contribution in [2.24, 2.45) is 5.73 Å². The average Bonchev–Trinajstić information content (AvgIpc) is 2.73. The fourth-order valence-corrected chi connectivity index (χ4v) is 3.59. The Kier molecular flexibility index (Phi) is 5.85. The molecule has 102 valence electrons. The minimum Gasteiger partial charge on any atom is -0.330 e. The first-order valence-electron chi connectivity index (χ1n) is 6.39. The van der Waals surface area contributed by atoms with Crippen molar-refractivity contribution in [3.8, 4) is 0 Å². The maximum absolute atomic E-state index is 11.9. The molecule has 0 aromatic heterocycles. The molecule has 0 aromatic rings. The van der Waals surface area contributed by atoms with Gasteiger partial charge in [-0.05, 0) is 38.9 Å². The molecule has 0 amide bonds. The Labute approximate surface area is 105 Å². The van der Waals surface area contributed by atoms with Crippen LogP contribution in [0.5, 0.6) is 0 Å². The lowest BCUT2D eigenvalue weighted by molar-refractivity contribution is 0.237. The van der Waals surface area contributed by atoms with Gasteiger partial charge in [-0.2, -0.15) is 0 Å². The van der Waals surface area contributed by atoms with Crippen molar-refractivity contribution >= 4 is 10.0 Å². The molecule has 0 saturated carbocycles. The quantitative estimate of drug-likeness (QED) is 0.706. The largest absolute Gasteiger partial charge is 0.330 e. The van der Waals surface area contributed by atoms with Gasteiger partial charge in [0, 0.05) is 19.6 Å². The SMILES string of the molecule is CCN1CCCC1CN(C)S(=O)(=O)CCCN. The summed E-state index contributed by atoms with van der Waals surface area (Å²) in [6.45, 7) is 5.26. The van der Waals surface area contributed by atoms with Gasteiger partial charge in [-0.25, -0.2) is 12.7 Å². The third-order valence-corrected chi connectivity index (χ3v) is 5.36. The maximum Gasteiger partial charge on any atom is 0.213 e. The molecule has 1 aliphatic rings. The highest BCUT2D eigenvalue weighted by atomic mass is 32.2. The van der Waals surface area contributed by atoms with Crippen LogP contribution in [0.4, 0.5) is 0 Å². The Morgan fingerprint density at radius 3 is 2.76 bits per heavy atom. The van der Waals surface area contributed by atoms with Crippen molar-refractivity contribution in [2.75, 3.05) is 39.0 Å². The molecule has 1 unspecified atom stereocenters. The van der Waals surface area contributed by atoms with Crippen molar-refractivity contribution in [1.29, 1.82) is 0 Å². The summed E-state index contributed by atoms with van der Waals surface area (Å²) in [5, 5.41) is 0. The number of rotatable bonds is 7. The van der Waals surface area contributed by atoms with Crippen LogP contribution in [-0.2, 0) is 10.0 Å². The van der Waals surface area contributed by atoms with Crippen LogP contribution in [0.25, 0.3) is 0 Å². The van der Waals surface area contributed by atoms with Gasteiger partial charge in [0.2, 0.25) is 10.0 Å². The summed E-state index contributed by atoms with van der Waals surface area (Å²) in [4.78, 5) is 2.36. The van der Waals surface area contributed by atoms with Gasteiger partial charge in [-0.1, -0.05) is 6.92 Å². The first-order chi connectivity index (χ1) is 8.01. The summed E-state index contributed by atoms with van der Waals surface area (Å²) in [5.74, 6) is 0.166. The molecule has 1 fully saturated rings. The first-order valence-corrected chi connectivity index (χ1v) is 8.00. The lowest BCUT2D eigenvalue weighted by atomic mass is 10.2. The van der Waals surface area contributed by atoms with E-state index in [1.165, 1.54) is 10.7 Å². The van der Waals surface area contributed by atoms with Crippen LogP contribution < -0.4 is 5.73 Å². The standard InChI is InChI=1S/C11H25N3O2S/c1-3-14-8-4-6-11(14)10-13(2)17(15,16)9-5-7-12/h11H,3-10,12H2,1-2H3. The summed E-state index contributed by atoms with van der Waals surface area (Å²) >= 11 is 0. The van der Waals surface area contributed by atoms with E-state index in [9.17, 15) is 8.42 Å². The second-order valence-corrected chi connectivity index (χ2v) is 6.86. The zero-order valence-corrected chi connectivity index (χ0v) is 11.7. The maximum atomic E-state index is 11.9. The zero-order chi connectivity index (χ0) is 12.9. The predicted octanol–water partition coefficient (Wildman–Crippen LogP) is 0.0811. The molecular formula is C11H25N3O2S. The van der Waals surface area contributed by atoms with Crippen LogP contribution in [0.1, 0.15) is 26.2 Å². The normalized spacial score (nSPS) is 22.5. The van der Waals surface area contributed by atoms with Crippen molar-refractivity contribution in [3.63, 3.8) is 0 Å². The third-order valence-electron chi connectivity index (χ3n) is 3.45. The van der Waals surface area contributed by atoms with Crippen LogP contribution in [-0.4, -0.2) is 62.6 Å². The van der Waals surface area contributed by atoms with Gasteiger partial charge in [0.1, 0.15) is 0 Å². The summed E-state index contributed by atoms with van der Waals surface area (Å²) in [5.41, 5.74) is 5.35. The van der Waals surface area contributed by atoms with Crippen molar-refractivity contribution in [1.82, 2.24) is 9.21 Å². The van der Waals surface area contributed by atoms with Crippen LogP contribution in [0, 0.1) is 0 Å². The molecule has 1 aliphatic heterocycles. The van der Waals surface area contributed by atoms with E-state index >= 15 is 0 Å². The van der Waals surface area contributed by atoms with E-state index in [1.54, 1.807) is 7.05 Å². The van der Waals surface area contributed by atoms with Crippen LogP contribution in [0.15, 0.2) is 0 Å². The molecule has 1 saturated heterocycles. The monoisotopic (exact) mass is 263 g/mol. The summed E-state index contributed by atoms with van der Waals surface area (Å²) in [6.07, 6.45) is 2.81. The number of nitrogens with two attached hydrogens (primary N) is 1. The number of hydrogen-bond acceptors (Lipinski definition) is 4. The Bertz CT molecular complexity index is 319. The fraction of sp³-hybridized carbons (Fsp3) is 1.00. The first kappa shape index (κ1) is 14.9. The summed E-state index contributed by atoms with van der Waals surface area (Å²) < 4.78 is 25.3. The van der Waals surface area contributed by atoms with E-state index in [4.69, 9.17) is 5.73 Å². The van der Waals surface area contributed by atoms with Crippen LogP contribution in [0.3, 0.4) is 0 Å². The topological polar surface area (TPSA) is 66.6 Å². The number of hydrogen-bond donors (Lipinski definition) is 1. The molecule has 0 radical (unpaired) electrons. The smallest absolute Gasteiger partial charge is 0.213 e. The summed E-state index contributed by atoms with van der Waals surface area (Å²) in [6, 6.07) is 0.387. The van der Waals surface area contributed by atoms with E-state index in [-0.39, 0.29) is 5.75 Å². The van der Waals surface area contributed by atoms with E-state index < -0.39 is 10.0 Å². The number of nitrogens with zero attached hydrogens (tertiary/aromatic N) is 2. The Morgan fingerprint density at radius 1 is 1.47 bits per heavy atom. The molecular weight excluding hydrogens is 238 g/mol. The Morgan fingerprint density at radius 2 is 2.18 bits per heavy atom. The molecule has 0 spiro atoms. The van der Waals surface area contributed by atoms with Gasteiger partial charge in [0.15, 0.2) is 0 Å². The Balaban J connectivity index is 2.50. The minimum atomic E-state index is -3.11. The molecule has 5 nitrogen and oxygen atoms in total. The molecule has 2 N–H and O–H groups in total. The second-order valence-electron chi connectivity index (χ2n) is 4.66. The number of likely N-dealkylation sites (N-methyl/N-ethyl adjacent to an activating group) is 2. The van der Waals surface area contributed by atoms with Crippen LogP contribution in [0.2, 0.25) is 0 Å². The molecule has 0 aliphatic carbocycles. The Hall–Kier alpha value is -0.170. The highest BCUT2D eigenvalue weighted by Crippen LogP contribution is 2.18. The molecule has 0 aromatic carbocycles. The van der Waals surface area contributed by atoms with Gasteiger partial charge < -0.3 is 5.73 Å². The van der Waals surface area contributed by atoms with Gasteiger partial charge in [-0.15, -0.1) is 0 Å². The lowest BCUT2D eigenvalue weighted by Gasteiger charge is -2.27. The molecule has 1 rings (SSSR count). The van der Waals surface area contributed by atoms with E-state index in [0.29, 0.717) is 25.6 Å². The van der Waals surface area contributed by atoms with Gasteiger partial charge >= 0.3 is 0 Å². The van der Waals surface area contributed by atoms with E-state index in [1.807, 2.05) is 0 Å². The molecule has 1 heterocycles. The zero-order valence-electron chi connectivity index (χ0n) is 10.9. The number of sulfonamides is 1. The van der Waals surface area contributed by atoms with Gasteiger partial charge in [0.05, 0.1) is 5.75 Å². The average molecular weight is 263 g/mol. The van der Waals surface area contributed by atoms with Gasteiger partial charge in [0.25, 0.3) is 0 Å². The summed E-state index contributed by atoms with van der Waals surface area (Å²) in [7, 11) is -1.44.